The maximum Gasteiger partial charge on any atom is 0.277 e. The van der Waals surface area contributed by atoms with E-state index in [1.165, 1.54) is 21.7 Å². The van der Waals surface area contributed by atoms with Gasteiger partial charge in [0.2, 0.25) is 0 Å². The normalized spacial score (nSPS) is 18.0. The van der Waals surface area contributed by atoms with Crippen molar-refractivity contribution >= 4 is 17.3 Å². The summed E-state index contributed by atoms with van der Waals surface area (Å²) in [6.45, 7) is 12.2. The number of carbonyl (C=O) groups is 1. The predicted molar refractivity (Wildman–Crippen MR) is 121 cm³/mol. The molecule has 2 fully saturated rings. The lowest BCUT2D eigenvalue weighted by atomic mass is 10.1. The Morgan fingerprint density at radius 1 is 0.900 bits per heavy atom. The zero-order valence-electron chi connectivity index (χ0n) is 18.1. The number of hydrogen-bond donors (Lipinski definition) is 2. The van der Waals surface area contributed by atoms with Crippen LogP contribution in [0.2, 0.25) is 0 Å². The van der Waals surface area contributed by atoms with Crippen molar-refractivity contribution in [3.63, 3.8) is 0 Å². The number of quaternary nitrogens is 1. The van der Waals surface area contributed by atoms with E-state index in [-0.39, 0.29) is 11.7 Å². The number of rotatable bonds is 4. The number of hydrogen-bond acceptors (Lipinski definition) is 4. The van der Waals surface area contributed by atoms with Crippen LogP contribution >= 0.6 is 0 Å². The molecule has 2 aliphatic rings. The molecule has 0 aliphatic carbocycles. The van der Waals surface area contributed by atoms with E-state index in [9.17, 15) is 9.90 Å². The minimum Gasteiger partial charge on any atom is -0.508 e. The molecular formula is C24H33N4O2+. The van der Waals surface area contributed by atoms with E-state index in [0.29, 0.717) is 6.54 Å². The van der Waals surface area contributed by atoms with Gasteiger partial charge >= 0.3 is 0 Å². The number of nitrogens with one attached hydrogen (secondary N) is 1. The van der Waals surface area contributed by atoms with Crippen molar-refractivity contribution in [2.75, 3.05) is 68.7 Å². The first-order valence-corrected chi connectivity index (χ1v) is 11.0. The van der Waals surface area contributed by atoms with Crippen LogP contribution in [0.3, 0.4) is 0 Å². The summed E-state index contributed by atoms with van der Waals surface area (Å²) in [6.07, 6.45) is 0. The Morgan fingerprint density at radius 2 is 1.57 bits per heavy atom. The molecule has 2 heterocycles. The fourth-order valence-electron chi connectivity index (χ4n) is 4.52. The molecule has 0 unspecified atom stereocenters. The van der Waals surface area contributed by atoms with Gasteiger partial charge in [-0.3, -0.25) is 4.79 Å². The summed E-state index contributed by atoms with van der Waals surface area (Å²) in [5.41, 5.74) is 5.14. The number of piperazine rings is 2. The molecule has 160 valence electrons. The number of anilines is 2. The van der Waals surface area contributed by atoms with Gasteiger partial charge < -0.3 is 24.7 Å². The second-order valence-electron chi connectivity index (χ2n) is 8.52. The zero-order valence-corrected chi connectivity index (χ0v) is 18.1. The molecule has 30 heavy (non-hydrogen) atoms. The maximum absolute atomic E-state index is 12.8. The Balaban J connectivity index is 1.24. The highest BCUT2D eigenvalue weighted by Crippen LogP contribution is 2.22. The third-order valence-corrected chi connectivity index (χ3v) is 6.64. The predicted octanol–water partition coefficient (Wildman–Crippen LogP) is 1.06. The van der Waals surface area contributed by atoms with Crippen molar-refractivity contribution in [1.82, 2.24) is 4.90 Å². The first-order valence-electron chi connectivity index (χ1n) is 11.0. The van der Waals surface area contributed by atoms with Crippen molar-refractivity contribution in [2.45, 2.75) is 13.8 Å². The van der Waals surface area contributed by atoms with Gasteiger partial charge in [0, 0.05) is 37.6 Å². The molecule has 2 aromatic carbocycles. The molecule has 2 aromatic rings. The molecule has 0 aromatic heterocycles. The fraction of sp³-hybridized carbons (Fsp3) is 0.458. The Morgan fingerprint density at radius 3 is 2.23 bits per heavy atom. The number of carbonyl (C=O) groups excluding carboxylic acids is 1. The average molecular weight is 410 g/mol. The second kappa shape index (κ2) is 8.96. The smallest absolute Gasteiger partial charge is 0.277 e. The first-order chi connectivity index (χ1) is 14.5. The lowest BCUT2D eigenvalue weighted by Gasteiger charge is -2.38. The summed E-state index contributed by atoms with van der Waals surface area (Å²) in [7, 11) is 0. The third-order valence-electron chi connectivity index (χ3n) is 6.64. The van der Waals surface area contributed by atoms with Crippen molar-refractivity contribution in [1.29, 1.82) is 0 Å². The van der Waals surface area contributed by atoms with Gasteiger partial charge in [0.15, 0.2) is 6.54 Å². The minimum atomic E-state index is 0.274. The van der Waals surface area contributed by atoms with Crippen LogP contribution in [0.5, 0.6) is 5.75 Å². The summed E-state index contributed by atoms with van der Waals surface area (Å²) < 4.78 is 0. The van der Waals surface area contributed by atoms with Gasteiger partial charge in [-0.1, -0.05) is 12.1 Å². The lowest BCUT2D eigenvalue weighted by Crippen LogP contribution is -3.16. The molecule has 1 amide bonds. The summed E-state index contributed by atoms with van der Waals surface area (Å²) in [4.78, 5) is 21.0. The van der Waals surface area contributed by atoms with Crippen molar-refractivity contribution in [3.8, 4) is 5.75 Å². The van der Waals surface area contributed by atoms with Crippen LogP contribution in [0.15, 0.2) is 42.5 Å². The Hall–Kier alpha value is -2.73. The van der Waals surface area contributed by atoms with Gasteiger partial charge in [0.05, 0.1) is 26.2 Å². The molecule has 0 saturated carbocycles. The number of amides is 1. The van der Waals surface area contributed by atoms with Gasteiger partial charge in [-0.05, 0) is 55.3 Å². The molecular weight excluding hydrogens is 376 g/mol. The number of phenols is 1. The molecule has 6 heteroatoms. The molecule has 2 aliphatic heterocycles. The SMILES string of the molecule is Cc1cccc(N2CC[NH+](CC(=O)N3CCN(c4ccc(O)cc4)CC3)CC2)c1C. The number of aryl methyl sites for hydroxylation is 1. The first kappa shape index (κ1) is 20.5. The van der Waals surface area contributed by atoms with Gasteiger partial charge in [0.25, 0.3) is 5.91 Å². The number of aromatic hydroxyl groups is 1. The Labute approximate surface area is 179 Å². The van der Waals surface area contributed by atoms with Crippen LogP contribution in [0.1, 0.15) is 11.1 Å². The molecule has 6 nitrogen and oxygen atoms in total. The highest BCUT2D eigenvalue weighted by Gasteiger charge is 2.27. The van der Waals surface area contributed by atoms with E-state index in [2.05, 4.69) is 41.8 Å². The maximum atomic E-state index is 12.8. The highest BCUT2D eigenvalue weighted by molar-refractivity contribution is 5.77. The lowest BCUT2D eigenvalue weighted by molar-refractivity contribution is -0.892. The summed E-state index contributed by atoms with van der Waals surface area (Å²) in [6, 6.07) is 13.8. The molecule has 2 saturated heterocycles. The van der Waals surface area contributed by atoms with Crippen molar-refractivity contribution < 1.29 is 14.8 Å². The molecule has 2 N–H and O–H groups in total. The second-order valence-corrected chi connectivity index (χ2v) is 8.52. The van der Waals surface area contributed by atoms with E-state index in [1.54, 1.807) is 12.1 Å². The number of nitrogens with zero attached hydrogens (tertiary/aromatic N) is 3. The van der Waals surface area contributed by atoms with Crippen LogP contribution < -0.4 is 14.7 Å². The van der Waals surface area contributed by atoms with Crippen LogP contribution in [0, 0.1) is 13.8 Å². The molecule has 0 bridgehead atoms. The summed E-state index contributed by atoms with van der Waals surface area (Å²) in [5.74, 6) is 0.559. The van der Waals surface area contributed by atoms with Crippen LogP contribution in [-0.2, 0) is 4.79 Å². The minimum absolute atomic E-state index is 0.274. The van der Waals surface area contributed by atoms with E-state index in [1.807, 2.05) is 17.0 Å². The van der Waals surface area contributed by atoms with Crippen molar-refractivity contribution in [2.24, 2.45) is 0 Å². The average Bonchev–Trinajstić information content (AvgIpc) is 2.77. The van der Waals surface area contributed by atoms with E-state index in [4.69, 9.17) is 0 Å². The molecule has 0 atom stereocenters. The van der Waals surface area contributed by atoms with E-state index >= 15 is 0 Å². The highest BCUT2D eigenvalue weighted by atomic mass is 16.3. The standard InChI is InChI=1S/C24H32N4O2/c1-19-4-3-5-23(20(19)2)27-12-10-25(11-13-27)18-24(30)28-16-14-26(15-17-28)21-6-8-22(29)9-7-21/h3-9,29H,10-18H2,1-2H3/p+1. The van der Waals surface area contributed by atoms with Crippen molar-refractivity contribution in [3.05, 3.63) is 53.6 Å². The number of benzene rings is 2. The summed E-state index contributed by atoms with van der Waals surface area (Å²) in [5, 5.41) is 9.46. The Kier molecular flexibility index (Phi) is 6.13. The van der Waals surface area contributed by atoms with E-state index < -0.39 is 0 Å². The van der Waals surface area contributed by atoms with Gasteiger partial charge in [-0.2, -0.15) is 0 Å². The van der Waals surface area contributed by atoms with Crippen LogP contribution in [-0.4, -0.2) is 74.8 Å². The largest absolute Gasteiger partial charge is 0.508 e. The van der Waals surface area contributed by atoms with Gasteiger partial charge in [-0.15, -0.1) is 0 Å². The van der Waals surface area contributed by atoms with Crippen LogP contribution in [0.25, 0.3) is 0 Å². The molecule has 0 spiro atoms. The third kappa shape index (κ3) is 4.54. The number of phenolic OH excluding ortho intramolecular Hbond substituents is 1. The van der Waals surface area contributed by atoms with Gasteiger partial charge in [0.1, 0.15) is 5.75 Å². The Bertz CT molecular complexity index is 867. The van der Waals surface area contributed by atoms with E-state index in [0.717, 1.165) is 58.0 Å². The van der Waals surface area contributed by atoms with Crippen LogP contribution in [0.4, 0.5) is 11.4 Å². The summed E-state index contributed by atoms with van der Waals surface area (Å²) >= 11 is 0. The molecule has 4 rings (SSSR count). The molecule has 0 radical (unpaired) electrons. The zero-order chi connectivity index (χ0) is 21.1. The quantitative estimate of drug-likeness (QED) is 0.793. The topological polar surface area (TPSA) is 51.5 Å². The fourth-order valence-corrected chi connectivity index (χ4v) is 4.52. The monoisotopic (exact) mass is 409 g/mol. The van der Waals surface area contributed by atoms with Gasteiger partial charge in [-0.25, -0.2) is 0 Å².